The third-order valence-electron chi connectivity index (χ3n) is 3.79. The quantitative estimate of drug-likeness (QED) is 0.755. The summed E-state index contributed by atoms with van der Waals surface area (Å²) in [5, 5.41) is 9.04. The van der Waals surface area contributed by atoms with Crippen molar-refractivity contribution in [1.29, 1.82) is 0 Å². The van der Waals surface area contributed by atoms with Crippen LogP contribution in [0.2, 0.25) is 0 Å². The number of rotatable bonds is 3. The van der Waals surface area contributed by atoms with Gasteiger partial charge in [0.25, 0.3) is 0 Å². The topological polar surface area (TPSA) is 46.5 Å². The Morgan fingerprint density at radius 2 is 2.21 bits per heavy atom. The van der Waals surface area contributed by atoms with Gasteiger partial charge in [-0.1, -0.05) is 13.8 Å². The minimum atomic E-state index is -0.691. The second-order valence-corrected chi connectivity index (χ2v) is 4.91. The number of carboxylic acids is 1. The van der Waals surface area contributed by atoms with Crippen LogP contribution in [-0.4, -0.2) is 23.3 Å². The van der Waals surface area contributed by atoms with Gasteiger partial charge in [-0.3, -0.25) is 4.79 Å². The van der Waals surface area contributed by atoms with Crippen LogP contribution in [0, 0.1) is 11.3 Å². The van der Waals surface area contributed by atoms with E-state index in [1.54, 1.807) is 0 Å². The fourth-order valence-corrected chi connectivity index (χ4v) is 2.35. The van der Waals surface area contributed by atoms with Gasteiger partial charge in [0.05, 0.1) is 18.1 Å². The molecular formula is C11H18O3. The Balaban J connectivity index is 2.04. The Bertz CT molecular complexity index is 245. The zero-order valence-corrected chi connectivity index (χ0v) is 8.82. The molecule has 3 unspecified atom stereocenters. The van der Waals surface area contributed by atoms with E-state index in [1.165, 1.54) is 12.8 Å². The Kier molecular flexibility index (Phi) is 2.30. The number of aliphatic carboxylic acids is 1. The summed E-state index contributed by atoms with van der Waals surface area (Å²) in [5.74, 6) is -0.967. The number of ether oxygens (including phenoxy) is 1. The molecule has 2 fully saturated rings. The van der Waals surface area contributed by atoms with Gasteiger partial charge in [0.15, 0.2) is 0 Å². The lowest BCUT2D eigenvalue weighted by Gasteiger charge is -2.18. The molecule has 0 amide bonds. The van der Waals surface area contributed by atoms with Gasteiger partial charge in [-0.25, -0.2) is 0 Å². The highest BCUT2D eigenvalue weighted by Gasteiger charge is 2.52. The zero-order chi connectivity index (χ0) is 10.3. The van der Waals surface area contributed by atoms with Gasteiger partial charge in [-0.05, 0) is 31.1 Å². The summed E-state index contributed by atoms with van der Waals surface area (Å²) in [4.78, 5) is 11.0. The predicted octanol–water partition coefficient (Wildman–Crippen LogP) is 2.05. The van der Waals surface area contributed by atoms with E-state index in [4.69, 9.17) is 9.84 Å². The minimum Gasteiger partial charge on any atom is -0.481 e. The first-order valence-electron chi connectivity index (χ1n) is 5.45. The molecule has 1 aliphatic carbocycles. The van der Waals surface area contributed by atoms with Crippen molar-refractivity contribution in [2.45, 2.75) is 51.7 Å². The molecule has 1 heterocycles. The molecule has 80 valence electrons. The van der Waals surface area contributed by atoms with E-state index in [9.17, 15) is 4.79 Å². The smallest absolute Gasteiger partial charge is 0.309 e. The van der Waals surface area contributed by atoms with Crippen molar-refractivity contribution in [3.05, 3.63) is 0 Å². The first-order chi connectivity index (χ1) is 6.57. The largest absolute Gasteiger partial charge is 0.481 e. The van der Waals surface area contributed by atoms with Crippen LogP contribution in [0.15, 0.2) is 0 Å². The van der Waals surface area contributed by atoms with Crippen molar-refractivity contribution in [1.82, 2.24) is 0 Å². The van der Waals surface area contributed by atoms with E-state index in [-0.39, 0.29) is 23.5 Å². The molecule has 14 heavy (non-hydrogen) atoms. The zero-order valence-electron chi connectivity index (χ0n) is 8.82. The predicted molar refractivity (Wildman–Crippen MR) is 52.0 cm³/mol. The van der Waals surface area contributed by atoms with Crippen molar-refractivity contribution in [2.75, 3.05) is 0 Å². The average Bonchev–Trinajstić information content (AvgIpc) is 2.74. The summed E-state index contributed by atoms with van der Waals surface area (Å²) >= 11 is 0. The molecule has 3 heteroatoms. The monoisotopic (exact) mass is 198 g/mol. The van der Waals surface area contributed by atoms with Crippen molar-refractivity contribution in [3.63, 3.8) is 0 Å². The van der Waals surface area contributed by atoms with Crippen LogP contribution in [0.5, 0.6) is 0 Å². The number of carbonyl (C=O) groups is 1. The van der Waals surface area contributed by atoms with E-state index < -0.39 is 5.97 Å². The maximum absolute atomic E-state index is 11.0. The lowest BCUT2D eigenvalue weighted by Crippen LogP contribution is -2.22. The van der Waals surface area contributed by atoms with Gasteiger partial charge >= 0.3 is 5.97 Å². The van der Waals surface area contributed by atoms with Crippen LogP contribution < -0.4 is 0 Å². The van der Waals surface area contributed by atoms with Crippen molar-refractivity contribution < 1.29 is 14.6 Å². The van der Waals surface area contributed by atoms with Gasteiger partial charge in [0, 0.05) is 0 Å². The minimum absolute atomic E-state index is 0.0603. The van der Waals surface area contributed by atoms with Gasteiger partial charge in [0.1, 0.15) is 0 Å². The Morgan fingerprint density at radius 1 is 1.57 bits per heavy atom. The molecule has 1 N–H and O–H groups in total. The molecule has 3 nitrogen and oxygen atoms in total. The van der Waals surface area contributed by atoms with Crippen LogP contribution in [0.1, 0.15) is 39.5 Å². The molecule has 2 rings (SSSR count). The highest BCUT2D eigenvalue weighted by atomic mass is 16.5. The van der Waals surface area contributed by atoms with E-state index in [0.29, 0.717) is 6.42 Å². The lowest BCUT2D eigenvalue weighted by atomic mass is 9.92. The van der Waals surface area contributed by atoms with Crippen LogP contribution in [0.4, 0.5) is 0 Å². The number of hydrogen-bond donors (Lipinski definition) is 1. The molecule has 0 spiro atoms. The standard InChI is InChI=1S/C11H18O3/c1-3-8-7(10(12)13)6-9(14-8)11(2)4-5-11/h7-9H,3-6H2,1-2H3,(H,12,13). The molecule has 0 aromatic rings. The molecule has 0 bridgehead atoms. The van der Waals surface area contributed by atoms with Crippen LogP contribution >= 0.6 is 0 Å². The molecule has 3 atom stereocenters. The highest BCUT2D eigenvalue weighted by Crippen LogP contribution is 2.54. The first-order valence-corrected chi connectivity index (χ1v) is 5.45. The molecule has 1 saturated heterocycles. The highest BCUT2D eigenvalue weighted by molar-refractivity contribution is 5.71. The van der Waals surface area contributed by atoms with E-state index in [2.05, 4.69) is 6.92 Å². The fraction of sp³-hybridized carbons (Fsp3) is 0.909. The normalized spacial score (nSPS) is 39.7. The summed E-state index contributed by atoms with van der Waals surface area (Å²) in [6.07, 6.45) is 4.04. The van der Waals surface area contributed by atoms with Crippen LogP contribution in [-0.2, 0) is 9.53 Å². The lowest BCUT2D eigenvalue weighted by molar-refractivity contribution is -0.143. The molecule has 1 saturated carbocycles. The van der Waals surface area contributed by atoms with E-state index in [1.807, 2.05) is 6.92 Å². The number of carboxylic acid groups (broad SMARTS) is 1. The third kappa shape index (κ3) is 1.54. The van der Waals surface area contributed by atoms with E-state index >= 15 is 0 Å². The van der Waals surface area contributed by atoms with Gasteiger partial charge in [-0.2, -0.15) is 0 Å². The third-order valence-corrected chi connectivity index (χ3v) is 3.79. The first kappa shape index (κ1) is 9.97. The Labute approximate surface area is 84.4 Å². The summed E-state index contributed by atoms with van der Waals surface area (Å²) in [6.45, 7) is 4.20. The van der Waals surface area contributed by atoms with Crippen LogP contribution in [0.25, 0.3) is 0 Å². The van der Waals surface area contributed by atoms with Crippen molar-refractivity contribution in [2.24, 2.45) is 11.3 Å². The van der Waals surface area contributed by atoms with Gasteiger partial charge in [0.2, 0.25) is 0 Å². The average molecular weight is 198 g/mol. The maximum Gasteiger partial charge on any atom is 0.309 e. The summed E-state index contributed by atoms with van der Waals surface area (Å²) < 4.78 is 5.83. The van der Waals surface area contributed by atoms with Crippen LogP contribution in [0.3, 0.4) is 0 Å². The fourth-order valence-electron chi connectivity index (χ4n) is 2.35. The summed E-state index contributed by atoms with van der Waals surface area (Å²) in [7, 11) is 0. The molecule has 0 aromatic heterocycles. The van der Waals surface area contributed by atoms with Gasteiger partial charge < -0.3 is 9.84 Å². The molecule has 0 radical (unpaired) electrons. The second-order valence-electron chi connectivity index (χ2n) is 4.91. The SMILES string of the molecule is CCC1OC(C2(C)CC2)CC1C(=O)O. The second kappa shape index (κ2) is 3.23. The van der Waals surface area contributed by atoms with Crippen molar-refractivity contribution in [3.8, 4) is 0 Å². The molecular weight excluding hydrogens is 180 g/mol. The number of hydrogen-bond acceptors (Lipinski definition) is 2. The Morgan fingerprint density at radius 3 is 2.57 bits per heavy atom. The summed E-state index contributed by atoms with van der Waals surface area (Å²) in [6, 6.07) is 0. The molecule has 2 aliphatic rings. The maximum atomic E-state index is 11.0. The molecule has 0 aromatic carbocycles. The van der Waals surface area contributed by atoms with Gasteiger partial charge in [-0.15, -0.1) is 0 Å². The van der Waals surface area contributed by atoms with E-state index in [0.717, 1.165) is 6.42 Å². The van der Waals surface area contributed by atoms with Crippen molar-refractivity contribution >= 4 is 5.97 Å². The molecule has 1 aliphatic heterocycles. The Hall–Kier alpha value is -0.570. The summed E-state index contributed by atoms with van der Waals surface area (Å²) in [5.41, 5.74) is 0.289.